The first-order valence-corrected chi connectivity index (χ1v) is 9.77. The van der Waals surface area contributed by atoms with Crippen LogP contribution in [0.3, 0.4) is 0 Å². The van der Waals surface area contributed by atoms with Crippen molar-refractivity contribution in [3.63, 3.8) is 0 Å². The number of ketones is 1. The molecular weight excluding hydrogens is 569 g/mol. The Bertz CT molecular complexity index is 1020. The molecule has 0 spiro atoms. The van der Waals surface area contributed by atoms with Crippen LogP contribution in [0, 0.1) is 16.9 Å². The van der Waals surface area contributed by atoms with Crippen LogP contribution in [0.4, 0.5) is 0 Å². The van der Waals surface area contributed by atoms with Crippen molar-refractivity contribution in [3.05, 3.63) is 72.9 Å². The molecule has 3 aromatic rings. The molecule has 0 atom stereocenters. The van der Waals surface area contributed by atoms with E-state index in [1.165, 1.54) is 6.08 Å². The molecule has 167 valence electrons. The van der Waals surface area contributed by atoms with Crippen LogP contribution in [0.25, 0.3) is 10.8 Å². The Hall–Kier alpha value is -2.56. The van der Waals surface area contributed by atoms with Gasteiger partial charge in [-0.05, 0) is 11.6 Å². The number of fused-ring (bicyclic) bond motifs is 1. The second kappa shape index (κ2) is 11.2. The number of allylic oxidation sites excluding steroid dienone is 2. The van der Waals surface area contributed by atoms with E-state index in [1.54, 1.807) is 24.7 Å². The maximum absolute atomic E-state index is 11.5. The molecule has 0 bridgehead atoms. The minimum Gasteiger partial charge on any atom is -0.512 e. The van der Waals surface area contributed by atoms with Crippen molar-refractivity contribution in [2.24, 2.45) is 10.8 Å². The minimum absolute atomic E-state index is 0. The standard InChI is InChI=1S/C14H9N2O.C11H20O2.Ir/c1-2-5-12-9-16-14(8-11(12)4-1)17-13-6-3-7-15-10-13;1-10(2,3)8(12)7-9(13)11(4,5)6;/h1-5,7-10H;7,12H,1-6H3;/q-1;;/b;8-7-;. The molecule has 6 heteroatoms. The van der Waals surface area contributed by atoms with Gasteiger partial charge in [0.25, 0.3) is 0 Å². The molecule has 31 heavy (non-hydrogen) atoms. The first-order valence-electron chi connectivity index (χ1n) is 9.77. The summed E-state index contributed by atoms with van der Waals surface area (Å²) >= 11 is 0. The third kappa shape index (κ3) is 8.60. The molecule has 0 aliphatic heterocycles. The van der Waals surface area contributed by atoms with E-state index in [0.29, 0.717) is 11.6 Å². The van der Waals surface area contributed by atoms with Crippen molar-refractivity contribution in [1.29, 1.82) is 0 Å². The van der Waals surface area contributed by atoms with Crippen LogP contribution < -0.4 is 4.74 Å². The number of pyridine rings is 2. The second-order valence-corrected chi connectivity index (χ2v) is 8.97. The summed E-state index contributed by atoms with van der Waals surface area (Å²) < 4.78 is 5.56. The van der Waals surface area contributed by atoms with Gasteiger partial charge in [0.15, 0.2) is 5.78 Å². The fourth-order valence-corrected chi connectivity index (χ4v) is 2.16. The minimum atomic E-state index is -0.417. The SMILES string of the molecule is CC(C)(C)C(=O)/C=C(\O)C(C)(C)C.[Ir].[c-]1ccncc1Oc1cc2ccccc2cn1. The average Bonchev–Trinajstić information content (AvgIpc) is 2.68. The number of aliphatic hydroxyl groups excluding tert-OH is 1. The summed E-state index contributed by atoms with van der Waals surface area (Å²) in [5.74, 6) is 1.22. The van der Waals surface area contributed by atoms with Crippen molar-refractivity contribution in [2.75, 3.05) is 0 Å². The monoisotopic (exact) mass is 598 g/mol. The molecule has 0 unspecified atom stereocenters. The van der Waals surface area contributed by atoms with E-state index in [2.05, 4.69) is 16.0 Å². The number of hydrogen-bond acceptors (Lipinski definition) is 5. The molecule has 5 nitrogen and oxygen atoms in total. The van der Waals surface area contributed by atoms with Crippen molar-refractivity contribution >= 4 is 16.6 Å². The van der Waals surface area contributed by atoms with E-state index in [0.717, 1.165) is 10.8 Å². The average molecular weight is 598 g/mol. The first-order chi connectivity index (χ1) is 14.0. The van der Waals surface area contributed by atoms with Gasteiger partial charge in [0.2, 0.25) is 5.88 Å². The Kier molecular flexibility index (Phi) is 9.54. The summed E-state index contributed by atoms with van der Waals surface area (Å²) in [5, 5.41) is 11.8. The van der Waals surface area contributed by atoms with Gasteiger partial charge in [0.05, 0.1) is 0 Å². The molecule has 3 rings (SSSR count). The smallest absolute Gasteiger partial charge is 0.217 e. The summed E-state index contributed by atoms with van der Waals surface area (Å²) in [6.45, 7) is 11.1. The fraction of sp³-hybridized carbons (Fsp3) is 0.320. The third-order valence-electron chi connectivity index (χ3n) is 4.17. The molecule has 1 N–H and O–H groups in total. The maximum Gasteiger partial charge on any atom is 0.217 e. The summed E-state index contributed by atoms with van der Waals surface area (Å²) in [6.07, 6.45) is 6.39. The van der Waals surface area contributed by atoms with E-state index in [9.17, 15) is 9.90 Å². The van der Waals surface area contributed by atoms with Crippen LogP contribution in [0.2, 0.25) is 0 Å². The van der Waals surface area contributed by atoms with E-state index in [-0.39, 0.29) is 37.1 Å². The van der Waals surface area contributed by atoms with Gasteiger partial charge in [-0.15, -0.1) is 6.07 Å². The molecule has 0 aliphatic rings. The van der Waals surface area contributed by atoms with Crippen LogP contribution in [0.15, 0.2) is 66.8 Å². The van der Waals surface area contributed by atoms with Crippen molar-refractivity contribution in [2.45, 2.75) is 41.5 Å². The van der Waals surface area contributed by atoms with Crippen molar-refractivity contribution in [1.82, 2.24) is 9.97 Å². The Balaban J connectivity index is 0.000000314. The van der Waals surface area contributed by atoms with Gasteiger partial charge >= 0.3 is 0 Å². The predicted octanol–water partition coefficient (Wildman–Crippen LogP) is 6.31. The Morgan fingerprint density at radius 3 is 2.23 bits per heavy atom. The first kappa shape index (κ1) is 26.5. The van der Waals surface area contributed by atoms with Gasteiger partial charge in [-0.25, -0.2) is 4.98 Å². The molecule has 1 radical (unpaired) electrons. The van der Waals surface area contributed by atoms with E-state index >= 15 is 0 Å². The molecular formula is C25H29IrN2O3-. The molecule has 2 heterocycles. The van der Waals surface area contributed by atoms with Gasteiger partial charge in [0, 0.05) is 60.4 Å². The molecule has 0 aliphatic carbocycles. The van der Waals surface area contributed by atoms with Crippen molar-refractivity contribution in [3.8, 4) is 11.6 Å². The maximum atomic E-state index is 11.5. The summed E-state index contributed by atoms with van der Waals surface area (Å²) in [7, 11) is 0. The van der Waals surface area contributed by atoms with Crippen LogP contribution in [0.5, 0.6) is 11.6 Å². The van der Waals surface area contributed by atoms with E-state index in [4.69, 9.17) is 4.74 Å². The fourth-order valence-electron chi connectivity index (χ4n) is 2.16. The van der Waals surface area contributed by atoms with Crippen LogP contribution in [-0.2, 0) is 24.9 Å². The van der Waals surface area contributed by atoms with Gasteiger partial charge < -0.3 is 14.8 Å². The van der Waals surface area contributed by atoms with Crippen LogP contribution in [-0.4, -0.2) is 20.9 Å². The molecule has 0 fully saturated rings. The van der Waals surface area contributed by atoms with Gasteiger partial charge in [-0.2, -0.15) is 6.07 Å². The quantitative estimate of drug-likeness (QED) is 0.218. The Morgan fingerprint density at radius 1 is 1.03 bits per heavy atom. The summed E-state index contributed by atoms with van der Waals surface area (Å²) in [6, 6.07) is 14.6. The number of rotatable bonds is 3. The van der Waals surface area contributed by atoms with Gasteiger partial charge in [0.1, 0.15) is 5.76 Å². The number of aliphatic hydroxyl groups is 1. The molecule has 0 amide bonds. The van der Waals surface area contributed by atoms with Crippen LogP contribution >= 0.6 is 0 Å². The Morgan fingerprint density at radius 2 is 1.68 bits per heavy atom. The number of carbonyl (C=O) groups is 1. The molecule has 0 saturated carbocycles. The predicted molar refractivity (Wildman–Crippen MR) is 120 cm³/mol. The number of aromatic nitrogens is 2. The zero-order valence-corrected chi connectivity index (χ0v) is 21.2. The largest absolute Gasteiger partial charge is 0.512 e. The summed E-state index contributed by atoms with van der Waals surface area (Å²) in [4.78, 5) is 19.7. The van der Waals surface area contributed by atoms with E-state index in [1.807, 2.05) is 71.9 Å². The molecule has 1 aromatic carbocycles. The van der Waals surface area contributed by atoms with Gasteiger partial charge in [-0.1, -0.05) is 72.0 Å². The zero-order chi connectivity index (χ0) is 22.4. The second-order valence-electron chi connectivity index (χ2n) is 8.97. The molecule has 2 aromatic heterocycles. The summed E-state index contributed by atoms with van der Waals surface area (Å²) in [5.41, 5.74) is -0.764. The van der Waals surface area contributed by atoms with Crippen LogP contribution in [0.1, 0.15) is 41.5 Å². The third-order valence-corrected chi connectivity index (χ3v) is 4.17. The zero-order valence-electron chi connectivity index (χ0n) is 18.8. The number of benzene rings is 1. The molecule has 0 saturated heterocycles. The number of ether oxygens (including phenoxy) is 1. The number of carbonyl (C=O) groups excluding carboxylic acids is 1. The number of nitrogens with zero attached hydrogens (tertiary/aromatic N) is 2. The van der Waals surface area contributed by atoms with Gasteiger partial charge in [-0.3, -0.25) is 4.79 Å². The van der Waals surface area contributed by atoms with Crippen molar-refractivity contribution < 1.29 is 34.7 Å². The Labute approximate surface area is 197 Å². The normalized spacial score (nSPS) is 11.7. The number of hydrogen-bond donors (Lipinski definition) is 1. The topological polar surface area (TPSA) is 72.3 Å². The van der Waals surface area contributed by atoms with E-state index < -0.39 is 5.41 Å².